The lowest BCUT2D eigenvalue weighted by molar-refractivity contribution is 0.585. The van der Waals surface area contributed by atoms with Crippen molar-refractivity contribution in [2.45, 2.75) is 45.7 Å². The summed E-state index contributed by atoms with van der Waals surface area (Å²) in [5.74, 6) is 0. The van der Waals surface area contributed by atoms with Gasteiger partial charge in [-0.3, -0.25) is 0 Å². The summed E-state index contributed by atoms with van der Waals surface area (Å²) in [6.45, 7) is 9.87. The molecule has 2 heteroatoms. The molecule has 1 aromatic heterocycles. The van der Waals surface area contributed by atoms with E-state index in [1.165, 1.54) is 16.8 Å². The molecule has 20 heavy (non-hydrogen) atoms. The van der Waals surface area contributed by atoms with Crippen molar-refractivity contribution in [1.29, 1.82) is 0 Å². The Labute approximate surface area is 122 Å². The van der Waals surface area contributed by atoms with Crippen molar-refractivity contribution < 1.29 is 0 Å². The smallest absolute Gasteiger partial charge is 0.0473 e. The van der Waals surface area contributed by atoms with Crippen LogP contribution in [0.15, 0.2) is 42.6 Å². The summed E-state index contributed by atoms with van der Waals surface area (Å²) in [4.78, 5) is 0. The first-order chi connectivity index (χ1) is 9.41. The molecule has 2 aromatic rings. The first-order valence-corrected chi connectivity index (χ1v) is 7.33. The zero-order chi connectivity index (χ0) is 14.8. The minimum atomic E-state index is 0.220. The van der Waals surface area contributed by atoms with Gasteiger partial charge in [-0.25, -0.2) is 0 Å². The van der Waals surface area contributed by atoms with Crippen LogP contribution >= 0.6 is 0 Å². The molecule has 0 spiro atoms. The molecule has 0 saturated carbocycles. The first-order valence-electron chi connectivity index (χ1n) is 7.33. The molecule has 0 radical (unpaired) electrons. The summed E-state index contributed by atoms with van der Waals surface area (Å²) in [6, 6.07) is 13.7. The number of hydrogen-bond donors (Lipinski definition) is 1. The highest BCUT2D eigenvalue weighted by atomic mass is 15.0. The summed E-state index contributed by atoms with van der Waals surface area (Å²) in [7, 11) is 2.00. The van der Waals surface area contributed by atoms with Crippen molar-refractivity contribution in [3.8, 4) is 0 Å². The molecule has 108 valence electrons. The van der Waals surface area contributed by atoms with Crippen LogP contribution in [0, 0.1) is 0 Å². The monoisotopic (exact) mass is 270 g/mol. The van der Waals surface area contributed by atoms with Crippen molar-refractivity contribution in [2.24, 2.45) is 0 Å². The van der Waals surface area contributed by atoms with Crippen molar-refractivity contribution in [3.63, 3.8) is 0 Å². The van der Waals surface area contributed by atoms with Gasteiger partial charge in [0.2, 0.25) is 0 Å². The predicted octanol–water partition coefficient (Wildman–Crippen LogP) is 4.11. The van der Waals surface area contributed by atoms with Gasteiger partial charge in [-0.15, -0.1) is 0 Å². The average molecular weight is 270 g/mol. The summed E-state index contributed by atoms with van der Waals surface area (Å²) in [5, 5.41) is 3.30. The Morgan fingerprint density at radius 2 is 1.75 bits per heavy atom. The van der Waals surface area contributed by atoms with Crippen LogP contribution in [0.3, 0.4) is 0 Å². The minimum absolute atomic E-state index is 0.220. The molecule has 2 nitrogen and oxygen atoms in total. The lowest BCUT2D eigenvalue weighted by Crippen LogP contribution is -2.17. The van der Waals surface area contributed by atoms with Gasteiger partial charge in [0.1, 0.15) is 0 Å². The van der Waals surface area contributed by atoms with Crippen molar-refractivity contribution >= 4 is 0 Å². The predicted molar refractivity (Wildman–Crippen MR) is 86.2 cm³/mol. The normalized spacial score (nSPS) is 13.4. The first kappa shape index (κ1) is 14.9. The molecule has 2 rings (SSSR count). The second kappa shape index (κ2) is 5.84. The third kappa shape index (κ3) is 3.31. The van der Waals surface area contributed by atoms with Crippen LogP contribution in [-0.2, 0) is 12.0 Å². The molecular formula is C18H26N2. The van der Waals surface area contributed by atoms with E-state index in [4.69, 9.17) is 0 Å². The number of benzene rings is 1. The van der Waals surface area contributed by atoms with E-state index in [1.54, 1.807) is 0 Å². The van der Waals surface area contributed by atoms with Crippen LogP contribution in [0.25, 0.3) is 0 Å². The van der Waals surface area contributed by atoms with Gasteiger partial charge >= 0.3 is 0 Å². The maximum Gasteiger partial charge on any atom is 0.0473 e. The molecule has 1 unspecified atom stereocenters. The molecule has 1 heterocycles. The van der Waals surface area contributed by atoms with Gasteiger partial charge in [0.25, 0.3) is 0 Å². The van der Waals surface area contributed by atoms with Gasteiger partial charge in [0.15, 0.2) is 0 Å². The van der Waals surface area contributed by atoms with E-state index >= 15 is 0 Å². The van der Waals surface area contributed by atoms with E-state index in [2.05, 4.69) is 80.2 Å². The zero-order valence-corrected chi connectivity index (χ0v) is 13.3. The van der Waals surface area contributed by atoms with Gasteiger partial charge in [-0.05, 0) is 42.6 Å². The van der Waals surface area contributed by atoms with Crippen molar-refractivity contribution in [1.82, 2.24) is 9.88 Å². The van der Waals surface area contributed by atoms with Gasteiger partial charge in [0.05, 0.1) is 0 Å². The molecule has 0 aliphatic rings. The largest absolute Gasteiger partial charge is 0.346 e. The summed E-state index contributed by atoms with van der Waals surface area (Å²) >= 11 is 0. The zero-order valence-electron chi connectivity index (χ0n) is 13.3. The Hall–Kier alpha value is -1.54. The molecule has 1 N–H and O–H groups in total. The van der Waals surface area contributed by atoms with Crippen LogP contribution in [-0.4, -0.2) is 11.6 Å². The Bertz CT molecular complexity index is 544. The maximum absolute atomic E-state index is 3.30. The lowest BCUT2D eigenvalue weighted by atomic mass is 9.87. The average Bonchev–Trinajstić information content (AvgIpc) is 2.85. The SMILES string of the molecule is CNC(C)c1cccn1Cc1ccc(C(C)(C)C)cc1. The highest BCUT2D eigenvalue weighted by Gasteiger charge is 2.13. The number of hydrogen-bond acceptors (Lipinski definition) is 1. The summed E-state index contributed by atoms with van der Waals surface area (Å²) < 4.78 is 2.31. The number of nitrogens with zero attached hydrogens (tertiary/aromatic N) is 1. The topological polar surface area (TPSA) is 17.0 Å². The van der Waals surface area contributed by atoms with E-state index in [9.17, 15) is 0 Å². The highest BCUT2D eigenvalue weighted by Crippen LogP contribution is 2.23. The Morgan fingerprint density at radius 1 is 1.10 bits per heavy atom. The van der Waals surface area contributed by atoms with Crippen LogP contribution < -0.4 is 5.32 Å². The van der Waals surface area contributed by atoms with Crippen LogP contribution in [0.1, 0.15) is 50.6 Å². The van der Waals surface area contributed by atoms with Gasteiger partial charge < -0.3 is 9.88 Å². The summed E-state index contributed by atoms with van der Waals surface area (Å²) in [5.41, 5.74) is 4.28. The number of nitrogens with one attached hydrogen (secondary N) is 1. The Balaban J connectivity index is 2.17. The number of rotatable bonds is 4. The standard InChI is InChI=1S/C18H26N2/c1-14(19-5)17-7-6-12-20(17)13-15-8-10-16(11-9-15)18(2,3)4/h6-12,14,19H,13H2,1-5H3. The van der Waals surface area contributed by atoms with Crippen molar-refractivity contribution in [3.05, 3.63) is 59.4 Å². The fourth-order valence-corrected chi connectivity index (χ4v) is 2.42. The second-order valence-corrected chi connectivity index (χ2v) is 6.52. The molecule has 0 bridgehead atoms. The van der Waals surface area contributed by atoms with Gasteiger partial charge in [-0.1, -0.05) is 45.0 Å². The van der Waals surface area contributed by atoms with Crippen molar-refractivity contribution in [2.75, 3.05) is 7.05 Å². The highest BCUT2D eigenvalue weighted by molar-refractivity contribution is 5.28. The number of aromatic nitrogens is 1. The van der Waals surface area contributed by atoms with Crippen LogP contribution in [0.5, 0.6) is 0 Å². The van der Waals surface area contributed by atoms with Crippen LogP contribution in [0.2, 0.25) is 0 Å². The molecule has 0 aliphatic carbocycles. The van der Waals surface area contributed by atoms with E-state index in [0.29, 0.717) is 6.04 Å². The fraction of sp³-hybridized carbons (Fsp3) is 0.444. The summed E-state index contributed by atoms with van der Waals surface area (Å²) in [6.07, 6.45) is 2.15. The van der Waals surface area contributed by atoms with Gasteiger partial charge in [-0.2, -0.15) is 0 Å². The van der Waals surface area contributed by atoms with Gasteiger partial charge in [0, 0.05) is 24.5 Å². The molecule has 0 amide bonds. The Morgan fingerprint density at radius 3 is 2.30 bits per heavy atom. The van der Waals surface area contributed by atoms with E-state index in [-0.39, 0.29) is 5.41 Å². The Kier molecular flexibility index (Phi) is 4.34. The van der Waals surface area contributed by atoms with Crippen LogP contribution in [0.4, 0.5) is 0 Å². The lowest BCUT2D eigenvalue weighted by Gasteiger charge is -2.20. The molecule has 0 saturated heterocycles. The molecule has 1 atom stereocenters. The van der Waals surface area contributed by atoms with E-state index in [1.807, 2.05) is 7.05 Å². The molecular weight excluding hydrogens is 244 g/mol. The van der Waals surface area contributed by atoms with E-state index in [0.717, 1.165) is 6.54 Å². The third-order valence-corrected chi connectivity index (χ3v) is 3.91. The quantitative estimate of drug-likeness (QED) is 0.884. The molecule has 1 aromatic carbocycles. The third-order valence-electron chi connectivity index (χ3n) is 3.91. The van der Waals surface area contributed by atoms with E-state index < -0.39 is 0 Å². The maximum atomic E-state index is 3.30. The molecule has 0 fully saturated rings. The second-order valence-electron chi connectivity index (χ2n) is 6.52. The fourth-order valence-electron chi connectivity index (χ4n) is 2.42. The molecule has 0 aliphatic heterocycles. The minimum Gasteiger partial charge on any atom is -0.346 e.